The van der Waals surface area contributed by atoms with Crippen LogP contribution in [-0.2, 0) is 0 Å². The number of hydrogen-bond donors (Lipinski definition) is 1. The third kappa shape index (κ3) is 4.31. The van der Waals surface area contributed by atoms with Crippen molar-refractivity contribution in [3.63, 3.8) is 0 Å². The minimum Gasteiger partial charge on any atom is -0.497 e. The second kappa shape index (κ2) is 8.86. The van der Waals surface area contributed by atoms with Crippen LogP contribution in [0.15, 0.2) is 54.6 Å². The van der Waals surface area contributed by atoms with Crippen molar-refractivity contribution < 1.29 is 9.53 Å². The molecule has 2 aromatic rings. The summed E-state index contributed by atoms with van der Waals surface area (Å²) in [7, 11) is -0.0102. The lowest BCUT2D eigenvalue weighted by Gasteiger charge is -2.38. The smallest absolute Gasteiger partial charge is 0.251 e. The number of carbonyl (C=O) groups is 1. The van der Waals surface area contributed by atoms with Crippen molar-refractivity contribution in [3.8, 4) is 5.75 Å². The van der Waals surface area contributed by atoms with Crippen LogP contribution in [0.25, 0.3) is 0 Å². The van der Waals surface area contributed by atoms with Crippen LogP contribution in [0.3, 0.4) is 0 Å². The number of methoxy groups -OCH3 is 1. The quantitative estimate of drug-likeness (QED) is 0.660. The maximum Gasteiger partial charge on any atom is 0.251 e. The number of rotatable bonds is 8. The van der Waals surface area contributed by atoms with Crippen molar-refractivity contribution in [2.45, 2.75) is 44.6 Å². The normalized spacial score (nSPS) is 12.5. The summed E-state index contributed by atoms with van der Waals surface area (Å²) in [6.45, 7) is 6.80. The van der Waals surface area contributed by atoms with Crippen molar-refractivity contribution in [2.75, 3.05) is 7.11 Å². The first-order valence-corrected chi connectivity index (χ1v) is 11.8. The third-order valence-corrected chi connectivity index (χ3v) is 11.4. The Morgan fingerprint density at radius 2 is 1.52 bits per heavy atom. The van der Waals surface area contributed by atoms with Gasteiger partial charge in [-0.15, -0.1) is 0 Å². The van der Waals surface area contributed by atoms with Gasteiger partial charge in [0.2, 0.25) is 0 Å². The van der Waals surface area contributed by atoms with Gasteiger partial charge >= 0.3 is 0 Å². The zero-order valence-corrected chi connectivity index (χ0v) is 16.7. The zero-order chi connectivity index (χ0) is 18.3. The predicted octanol–water partition coefficient (Wildman–Crippen LogP) is 5.21. The number of benzene rings is 2. The van der Waals surface area contributed by atoms with E-state index in [1.807, 2.05) is 42.5 Å². The lowest BCUT2D eigenvalue weighted by Crippen LogP contribution is -2.49. The molecule has 3 nitrogen and oxygen atoms in total. The van der Waals surface area contributed by atoms with Crippen LogP contribution < -0.4 is 10.1 Å². The van der Waals surface area contributed by atoms with Crippen LogP contribution in [-0.4, -0.2) is 21.1 Å². The topological polar surface area (TPSA) is 38.3 Å². The third-order valence-electron chi connectivity index (χ3n) is 5.49. The summed E-state index contributed by atoms with van der Waals surface area (Å²) >= 11 is 0. The van der Waals surface area contributed by atoms with Gasteiger partial charge in [-0.25, -0.2) is 0 Å². The second-order valence-corrected chi connectivity index (χ2v) is 11.9. The van der Waals surface area contributed by atoms with Crippen LogP contribution in [0, 0.1) is 0 Å². The van der Waals surface area contributed by atoms with Gasteiger partial charge in [0, 0.05) is 11.2 Å². The summed E-state index contributed by atoms with van der Waals surface area (Å²) < 4.78 is 5.29. The summed E-state index contributed by atoms with van der Waals surface area (Å²) in [6, 6.07) is 21.1. The van der Waals surface area contributed by atoms with Crippen molar-refractivity contribution in [1.29, 1.82) is 0 Å². The molecule has 0 saturated carbocycles. The molecule has 0 aliphatic heterocycles. The average Bonchev–Trinajstić information content (AvgIpc) is 2.69. The fraction of sp³-hybridized carbons (Fsp3) is 0.381. The molecule has 0 saturated heterocycles. The maximum absolute atomic E-state index is 12.8. The molecule has 134 valence electrons. The summed E-state index contributed by atoms with van der Waals surface area (Å²) in [4.78, 5) is 12.8. The Hall–Kier alpha value is -2.07. The molecule has 1 atom stereocenters. The highest BCUT2D eigenvalue weighted by Crippen LogP contribution is 2.35. The molecule has 2 aromatic carbocycles. The largest absolute Gasteiger partial charge is 0.497 e. The molecule has 2 rings (SSSR count). The van der Waals surface area contributed by atoms with Gasteiger partial charge in [-0.1, -0.05) is 69.2 Å². The standard InChI is InChI=1S/C21H29NO2Si/c1-5-25(6-2,7-3)21(18-13-15-19(24-4)16-14-18)22-20(23)17-11-9-8-10-12-17/h8-16,21H,5-7H2,1-4H3,(H,22,23). The van der Waals surface area contributed by atoms with Gasteiger partial charge in [0.1, 0.15) is 5.75 Å². The Kier molecular flexibility index (Phi) is 6.82. The first-order chi connectivity index (χ1) is 12.1. The molecule has 0 aromatic heterocycles. The van der Waals surface area contributed by atoms with E-state index in [2.05, 4.69) is 38.2 Å². The van der Waals surface area contributed by atoms with E-state index in [-0.39, 0.29) is 11.6 Å². The molecular formula is C21H29NO2Si. The molecule has 0 aliphatic carbocycles. The van der Waals surface area contributed by atoms with E-state index in [9.17, 15) is 4.79 Å². The van der Waals surface area contributed by atoms with Crippen molar-refractivity contribution in [2.24, 2.45) is 0 Å². The van der Waals surface area contributed by atoms with E-state index in [1.54, 1.807) is 7.11 Å². The van der Waals surface area contributed by atoms with E-state index in [1.165, 1.54) is 5.56 Å². The Bertz CT molecular complexity index is 658. The molecule has 0 fully saturated rings. The minimum absolute atomic E-state index is 0.00800. The van der Waals surface area contributed by atoms with E-state index in [0.717, 1.165) is 23.9 Å². The van der Waals surface area contributed by atoms with Crippen molar-refractivity contribution in [1.82, 2.24) is 5.32 Å². The van der Waals surface area contributed by atoms with Gasteiger partial charge in [0.05, 0.1) is 15.2 Å². The Morgan fingerprint density at radius 3 is 2.00 bits per heavy atom. The molecule has 4 heteroatoms. The van der Waals surface area contributed by atoms with E-state index < -0.39 is 8.07 Å². The Balaban J connectivity index is 2.39. The van der Waals surface area contributed by atoms with Crippen LogP contribution in [0.4, 0.5) is 0 Å². The Labute approximate surface area is 152 Å². The molecule has 0 spiro atoms. The van der Waals surface area contributed by atoms with Gasteiger partial charge in [0.15, 0.2) is 0 Å². The number of carbonyl (C=O) groups excluding carboxylic acids is 1. The van der Waals surface area contributed by atoms with E-state index >= 15 is 0 Å². The first kappa shape index (κ1) is 19.3. The minimum atomic E-state index is -1.68. The summed E-state index contributed by atoms with van der Waals surface area (Å²) in [6.07, 6.45) is 0. The molecule has 0 bridgehead atoms. The highest BCUT2D eigenvalue weighted by Gasteiger charge is 2.38. The lowest BCUT2D eigenvalue weighted by atomic mass is 10.2. The van der Waals surface area contributed by atoms with E-state index in [4.69, 9.17) is 4.74 Å². The van der Waals surface area contributed by atoms with Crippen LogP contribution >= 0.6 is 0 Å². The number of amides is 1. The molecule has 1 amide bonds. The highest BCUT2D eigenvalue weighted by molar-refractivity contribution is 6.81. The summed E-state index contributed by atoms with van der Waals surface area (Å²) in [5.41, 5.74) is 2.00. The van der Waals surface area contributed by atoms with E-state index in [0.29, 0.717) is 5.56 Å². The van der Waals surface area contributed by atoms with Gasteiger partial charge < -0.3 is 10.1 Å². The molecule has 1 N–H and O–H groups in total. The Morgan fingerprint density at radius 1 is 0.960 bits per heavy atom. The molecule has 0 radical (unpaired) electrons. The monoisotopic (exact) mass is 355 g/mol. The first-order valence-electron chi connectivity index (χ1n) is 9.10. The lowest BCUT2D eigenvalue weighted by molar-refractivity contribution is 0.0946. The maximum atomic E-state index is 12.8. The fourth-order valence-corrected chi connectivity index (χ4v) is 7.61. The van der Waals surface area contributed by atoms with Crippen molar-refractivity contribution >= 4 is 14.0 Å². The van der Waals surface area contributed by atoms with Gasteiger partial charge in [-0.05, 0) is 29.8 Å². The highest BCUT2D eigenvalue weighted by atomic mass is 28.3. The van der Waals surface area contributed by atoms with Gasteiger partial charge in [-0.3, -0.25) is 4.79 Å². The second-order valence-electron chi connectivity index (χ2n) is 6.47. The molecule has 1 unspecified atom stereocenters. The van der Waals surface area contributed by atoms with Gasteiger partial charge in [0.25, 0.3) is 5.91 Å². The number of hydrogen-bond acceptors (Lipinski definition) is 2. The van der Waals surface area contributed by atoms with Crippen LogP contribution in [0.2, 0.25) is 18.1 Å². The molecule has 0 aliphatic rings. The van der Waals surface area contributed by atoms with Crippen LogP contribution in [0.5, 0.6) is 5.75 Å². The summed E-state index contributed by atoms with van der Waals surface area (Å²) in [5, 5.41) is 3.36. The number of ether oxygens (including phenoxy) is 1. The van der Waals surface area contributed by atoms with Gasteiger partial charge in [-0.2, -0.15) is 0 Å². The zero-order valence-electron chi connectivity index (χ0n) is 15.7. The fourth-order valence-electron chi connectivity index (χ4n) is 3.55. The summed E-state index contributed by atoms with van der Waals surface area (Å²) in [5.74, 6) is 0.849. The van der Waals surface area contributed by atoms with Crippen molar-refractivity contribution in [3.05, 3.63) is 65.7 Å². The average molecular weight is 356 g/mol. The molecule has 0 heterocycles. The SMILES string of the molecule is CC[Si](CC)(CC)C(NC(=O)c1ccccc1)c1ccc(OC)cc1. The number of nitrogens with one attached hydrogen (secondary N) is 1. The molecular weight excluding hydrogens is 326 g/mol. The van der Waals surface area contributed by atoms with Crippen LogP contribution in [0.1, 0.15) is 42.4 Å². The predicted molar refractivity (Wildman–Crippen MR) is 107 cm³/mol. The molecule has 25 heavy (non-hydrogen) atoms.